The number of nitriles is 1. The van der Waals surface area contributed by atoms with Crippen LogP contribution >= 0.6 is 0 Å². The summed E-state index contributed by atoms with van der Waals surface area (Å²) in [4.78, 5) is 25.8. The second-order valence-electron chi connectivity index (χ2n) is 7.14. The fourth-order valence-corrected chi connectivity index (χ4v) is 2.34. The molecule has 0 aliphatic rings. The van der Waals surface area contributed by atoms with E-state index < -0.39 is 18.1 Å². The number of nitrogens with one attached hydrogen (secondary N) is 1. The van der Waals surface area contributed by atoms with E-state index >= 15 is 0 Å². The number of hydrogen-bond donors (Lipinski definition) is 1. The lowest BCUT2D eigenvalue weighted by Crippen LogP contribution is -2.42. The van der Waals surface area contributed by atoms with E-state index in [2.05, 4.69) is 5.32 Å². The fraction of sp³-hybridized carbons (Fsp3) is 0.550. The average Bonchev–Trinajstić information content (AvgIpc) is 2.60. The van der Waals surface area contributed by atoms with E-state index in [0.29, 0.717) is 31.8 Å². The molecule has 0 saturated carbocycles. The van der Waals surface area contributed by atoms with Crippen LogP contribution in [0.25, 0.3) is 0 Å². The third kappa shape index (κ3) is 8.02. The Bertz CT molecular complexity index is 608. The molecule has 1 aromatic carbocycles. The predicted molar refractivity (Wildman–Crippen MR) is 99.8 cm³/mol. The molecule has 6 nitrogen and oxygen atoms in total. The minimum Gasteiger partial charge on any atom is -0.436 e. The Morgan fingerprint density at radius 3 is 2.35 bits per heavy atom. The summed E-state index contributed by atoms with van der Waals surface area (Å²) in [6, 6.07) is 9.44. The number of carbonyl (C=O) groups excluding carboxylic acids is 2. The molecule has 0 aliphatic carbocycles. The van der Waals surface area contributed by atoms with Gasteiger partial charge in [0.05, 0.1) is 0 Å². The highest BCUT2D eigenvalue weighted by Crippen LogP contribution is 2.13. The molecule has 2 amide bonds. The van der Waals surface area contributed by atoms with Crippen LogP contribution in [-0.4, -0.2) is 29.5 Å². The van der Waals surface area contributed by atoms with Crippen molar-refractivity contribution in [2.45, 2.75) is 53.2 Å². The van der Waals surface area contributed by atoms with Crippen molar-refractivity contribution in [2.24, 2.45) is 11.8 Å². The summed E-state index contributed by atoms with van der Waals surface area (Å²) in [6.45, 7) is 8.58. The maximum atomic E-state index is 12.6. The Morgan fingerprint density at radius 1 is 1.15 bits per heavy atom. The van der Waals surface area contributed by atoms with Crippen molar-refractivity contribution in [3.8, 4) is 6.19 Å². The van der Waals surface area contributed by atoms with Crippen LogP contribution < -0.4 is 5.32 Å². The van der Waals surface area contributed by atoms with E-state index in [9.17, 15) is 14.9 Å². The summed E-state index contributed by atoms with van der Waals surface area (Å²) in [5, 5.41) is 11.9. The van der Waals surface area contributed by atoms with E-state index in [1.54, 1.807) is 0 Å². The molecule has 26 heavy (non-hydrogen) atoms. The van der Waals surface area contributed by atoms with Gasteiger partial charge in [0.25, 0.3) is 5.91 Å². The summed E-state index contributed by atoms with van der Waals surface area (Å²) in [5.74, 6) is 0.0607. The van der Waals surface area contributed by atoms with Crippen molar-refractivity contribution in [1.29, 1.82) is 5.26 Å². The zero-order chi connectivity index (χ0) is 19.5. The molecular formula is C20H29N3O3. The van der Waals surface area contributed by atoms with Gasteiger partial charge in [-0.05, 0) is 30.2 Å². The SMILES string of the molecule is CC(C)CCN(C#N)C(=O)C(CC(C)C)OC(=O)NCc1ccccc1. The molecule has 6 heteroatoms. The van der Waals surface area contributed by atoms with Crippen LogP contribution in [0.5, 0.6) is 0 Å². The zero-order valence-corrected chi connectivity index (χ0v) is 16.1. The highest BCUT2D eigenvalue weighted by Gasteiger charge is 2.29. The lowest BCUT2D eigenvalue weighted by atomic mass is 10.0. The van der Waals surface area contributed by atoms with Crippen LogP contribution in [0, 0.1) is 23.3 Å². The molecule has 0 aliphatic heterocycles. The minimum absolute atomic E-state index is 0.150. The van der Waals surface area contributed by atoms with Gasteiger partial charge in [0, 0.05) is 13.1 Å². The van der Waals surface area contributed by atoms with E-state index in [1.165, 1.54) is 0 Å². The summed E-state index contributed by atoms with van der Waals surface area (Å²) < 4.78 is 5.34. The number of amides is 2. The number of nitrogens with zero attached hydrogens (tertiary/aromatic N) is 2. The highest BCUT2D eigenvalue weighted by atomic mass is 16.6. The Kier molecular flexibility index (Phi) is 9.21. The van der Waals surface area contributed by atoms with Gasteiger partial charge in [-0.25, -0.2) is 9.69 Å². The minimum atomic E-state index is -0.961. The van der Waals surface area contributed by atoms with Crippen LogP contribution in [0.4, 0.5) is 4.79 Å². The van der Waals surface area contributed by atoms with Crippen LogP contribution in [0.15, 0.2) is 30.3 Å². The van der Waals surface area contributed by atoms with Gasteiger partial charge < -0.3 is 10.1 Å². The van der Waals surface area contributed by atoms with Gasteiger partial charge in [0.2, 0.25) is 0 Å². The number of ether oxygens (including phenoxy) is 1. The number of carbonyl (C=O) groups is 2. The van der Waals surface area contributed by atoms with Gasteiger partial charge in [-0.1, -0.05) is 58.0 Å². The van der Waals surface area contributed by atoms with Crippen molar-refractivity contribution in [3.05, 3.63) is 35.9 Å². The first-order chi connectivity index (χ1) is 12.3. The molecule has 142 valence electrons. The summed E-state index contributed by atoms with van der Waals surface area (Å²) >= 11 is 0. The predicted octanol–water partition coefficient (Wildman–Crippen LogP) is 3.68. The van der Waals surface area contributed by atoms with E-state index in [-0.39, 0.29) is 5.92 Å². The summed E-state index contributed by atoms with van der Waals surface area (Å²) in [6.07, 6.45) is 1.38. The van der Waals surface area contributed by atoms with Gasteiger partial charge in [-0.15, -0.1) is 0 Å². The number of benzene rings is 1. The Balaban J connectivity index is 2.67. The molecule has 0 bridgehead atoms. The molecule has 0 saturated heterocycles. The summed E-state index contributed by atoms with van der Waals surface area (Å²) in [7, 11) is 0. The van der Waals surface area contributed by atoms with Crippen LogP contribution in [-0.2, 0) is 16.1 Å². The van der Waals surface area contributed by atoms with Crippen LogP contribution in [0.1, 0.15) is 46.1 Å². The fourth-order valence-electron chi connectivity index (χ4n) is 2.34. The molecule has 1 rings (SSSR count). The lowest BCUT2D eigenvalue weighted by molar-refractivity contribution is -0.138. The van der Waals surface area contributed by atoms with Crippen LogP contribution in [0.3, 0.4) is 0 Å². The zero-order valence-electron chi connectivity index (χ0n) is 16.1. The monoisotopic (exact) mass is 359 g/mol. The van der Waals surface area contributed by atoms with E-state index in [1.807, 2.05) is 64.2 Å². The van der Waals surface area contributed by atoms with E-state index in [4.69, 9.17) is 4.74 Å². The van der Waals surface area contributed by atoms with Gasteiger partial charge in [0.1, 0.15) is 0 Å². The third-order valence-electron chi connectivity index (χ3n) is 3.81. The highest BCUT2D eigenvalue weighted by molar-refractivity contribution is 5.84. The van der Waals surface area contributed by atoms with Gasteiger partial charge >= 0.3 is 6.09 Å². The first kappa shape index (κ1) is 21.5. The first-order valence-corrected chi connectivity index (χ1v) is 9.03. The Morgan fingerprint density at radius 2 is 1.81 bits per heavy atom. The second kappa shape index (κ2) is 11.1. The number of alkyl carbamates (subject to hydrolysis) is 1. The molecule has 1 aromatic rings. The number of hydrogen-bond acceptors (Lipinski definition) is 4. The standard InChI is InChI=1S/C20H29N3O3/c1-15(2)10-11-23(14-21)19(24)18(12-16(3)4)26-20(25)22-13-17-8-6-5-7-9-17/h5-9,15-16,18H,10-13H2,1-4H3,(H,22,25). The first-order valence-electron chi connectivity index (χ1n) is 9.03. The molecule has 1 N–H and O–H groups in total. The smallest absolute Gasteiger partial charge is 0.408 e. The maximum Gasteiger partial charge on any atom is 0.408 e. The molecule has 0 fully saturated rings. The third-order valence-corrected chi connectivity index (χ3v) is 3.81. The van der Waals surface area contributed by atoms with Crippen molar-refractivity contribution in [3.63, 3.8) is 0 Å². The van der Waals surface area contributed by atoms with E-state index in [0.717, 1.165) is 10.5 Å². The molecular weight excluding hydrogens is 330 g/mol. The average molecular weight is 359 g/mol. The lowest BCUT2D eigenvalue weighted by Gasteiger charge is -2.23. The second-order valence-corrected chi connectivity index (χ2v) is 7.14. The maximum absolute atomic E-state index is 12.6. The Hall–Kier alpha value is -2.55. The molecule has 0 spiro atoms. The van der Waals surface area contributed by atoms with Gasteiger partial charge in [0.15, 0.2) is 12.3 Å². The molecule has 0 heterocycles. The van der Waals surface area contributed by atoms with Crippen molar-refractivity contribution >= 4 is 12.0 Å². The van der Waals surface area contributed by atoms with Gasteiger partial charge in [-0.2, -0.15) is 5.26 Å². The Labute approximate surface area is 156 Å². The van der Waals surface area contributed by atoms with Crippen LogP contribution in [0.2, 0.25) is 0 Å². The summed E-state index contributed by atoms with van der Waals surface area (Å²) in [5.41, 5.74) is 0.937. The van der Waals surface area contributed by atoms with Crippen molar-refractivity contribution < 1.29 is 14.3 Å². The number of rotatable bonds is 9. The quantitative estimate of drug-likeness (QED) is 0.538. The largest absolute Gasteiger partial charge is 0.436 e. The molecule has 0 aromatic heterocycles. The topological polar surface area (TPSA) is 82.4 Å². The van der Waals surface area contributed by atoms with Gasteiger partial charge in [-0.3, -0.25) is 4.79 Å². The normalized spacial score (nSPS) is 11.7. The molecule has 1 unspecified atom stereocenters. The van der Waals surface area contributed by atoms with Crippen molar-refractivity contribution in [2.75, 3.05) is 6.54 Å². The molecule has 1 atom stereocenters. The molecule has 0 radical (unpaired) electrons. The van der Waals surface area contributed by atoms with Crippen molar-refractivity contribution in [1.82, 2.24) is 10.2 Å².